The summed E-state index contributed by atoms with van der Waals surface area (Å²) in [5.41, 5.74) is 3.30. The van der Waals surface area contributed by atoms with Crippen molar-refractivity contribution in [3.8, 4) is 11.5 Å². The predicted molar refractivity (Wildman–Crippen MR) is 147 cm³/mol. The van der Waals surface area contributed by atoms with Crippen molar-refractivity contribution in [1.82, 2.24) is 4.31 Å². The van der Waals surface area contributed by atoms with Gasteiger partial charge in [0.25, 0.3) is 0 Å². The summed E-state index contributed by atoms with van der Waals surface area (Å²) in [6.07, 6.45) is 5.39. The number of ether oxygens (including phenoxy) is 2. The molecule has 0 radical (unpaired) electrons. The second kappa shape index (κ2) is 8.70. The van der Waals surface area contributed by atoms with Crippen molar-refractivity contribution in [2.45, 2.75) is 91.2 Å². The Morgan fingerprint density at radius 1 is 1.08 bits per heavy atom. The van der Waals surface area contributed by atoms with Crippen molar-refractivity contribution >= 4 is 10.0 Å². The van der Waals surface area contributed by atoms with E-state index < -0.39 is 15.6 Å². The standard InChI is InChI=1S/C31H41NO5S/c1-20-11-12-26-29(2,3)27(33)13-14-31(26)30(20,4)16-23-25(36-19-21-9-7-6-8-10-21)15-22-17-32(38(5,34)35)18-24(22)28(23)37-31/h6-10,15,20,26-27,33H,11-14,16-19H2,1-5H3/t20-,26-,27-,30+,31-/m0/s1. The van der Waals surface area contributed by atoms with Gasteiger partial charge in [-0.25, -0.2) is 8.42 Å². The highest BCUT2D eigenvalue weighted by molar-refractivity contribution is 7.88. The lowest BCUT2D eigenvalue weighted by Gasteiger charge is -2.67. The maximum atomic E-state index is 12.6. The highest BCUT2D eigenvalue weighted by atomic mass is 32.2. The Morgan fingerprint density at radius 2 is 1.82 bits per heavy atom. The first-order chi connectivity index (χ1) is 17.9. The molecule has 0 aromatic heterocycles. The third kappa shape index (κ3) is 3.75. The molecule has 6 rings (SSSR count). The zero-order valence-electron chi connectivity index (χ0n) is 23.3. The van der Waals surface area contributed by atoms with Crippen LogP contribution in [0.4, 0.5) is 0 Å². The number of hydrogen-bond donors (Lipinski definition) is 1. The van der Waals surface area contributed by atoms with E-state index >= 15 is 0 Å². The van der Waals surface area contributed by atoms with Crippen molar-refractivity contribution in [3.63, 3.8) is 0 Å². The predicted octanol–water partition coefficient (Wildman–Crippen LogP) is 5.45. The summed E-state index contributed by atoms with van der Waals surface area (Å²) in [5.74, 6) is 2.30. The maximum Gasteiger partial charge on any atom is 0.211 e. The van der Waals surface area contributed by atoms with Crippen LogP contribution in [0.2, 0.25) is 0 Å². The van der Waals surface area contributed by atoms with Crippen LogP contribution in [-0.2, 0) is 36.1 Å². The lowest BCUT2D eigenvalue weighted by atomic mass is 9.43. The van der Waals surface area contributed by atoms with Gasteiger partial charge in [0.2, 0.25) is 10.0 Å². The summed E-state index contributed by atoms with van der Waals surface area (Å²) in [6, 6.07) is 12.2. The Labute approximate surface area is 227 Å². The molecule has 6 nitrogen and oxygen atoms in total. The largest absolute Gasteiger partial charge is 0.488 e. The maximum absolute atomic E-state index is 12.6. The van der Waals surface area contributed by atoms with E-state index in [0.29, 0.717) is 32.0 Å². The SMILES string of the molecule is C[C@H]1CC[C@H]2C(C)(C)[C@@H](O)CC[C@]23Oc2c4c(cc(OCc5ccccc5)c2C[C@]13C)CN(S(C)(=O)=O)C4. The quantitative estimate of drug-likeness (QED) is 0.559. The van der Waals surface area contributed by atoms with Gasteiger partial charge in [-0.05, 0) is 60.6 Å². The second-order valence-electron chi connectivity index (χ2n) is 13.1. The Balaban J connectivity index is 1.49. The highest BCUT2D eigenvalue weighted by Crippen LogP contribution is 2.67. The molecule has 0 saturated heterocycles. The Morgan fingerprint density at radius 3 is 2.53 bits per heavy atom. The van der Waals surface area contributed by atoms with Crippen molar-refractivity contribution in [1.29, 1.82) is 0 Å². The number of aliphatic hydroxyl groups is 1. The molecule has 0 bridgehead atoms. The van der Waals surface area contributed by atoms with Gasteiger partial charge < -0.3 is 14.6 Å². The molecule has 2 aromatic carbocycles. The van der Waals surface area contributed by atoms with Crippen LogP contribution >= 0.6 is 0 Å². The third-order valence-corrected chi connectivity index (χ3v) is 12.0. The van der Waals surface area contributed by atoms with E-state index in [1.54, 1.807) is 0 Å². The van der Waals surface area contributed by atoms with Crippen LogP contribution in [0.15, 0.2) is 36.4 Å². The van der Waals surface area contributed by atoms with Crippen LogP contribution in [0.1, 0.15) is 75.6 Å². The summed E-state index contributed by atoms with van der Waals surface area (Å²) in [6.45, 7) is 10.3. The first-order valence-corrected chi connectivity index (χ1v) is 15.9. The van der Waals surface area contributed by atoms with Crippen molar-refractivity contribution in [2.75, 3.05) is 6.26 Å². The van der Waals surface area contributed by atoms with Gasteiger partial charge in [-0.3, -0.25) is 0 Å². The van der Waals surface area contributed by atoms with Crippen LogP contribution in [0, 0.1) is 22.7 Å². The van der Waals surface area contributed by atoms with Crippen LogP contribution in [-0.4, -0.2) is 35.8 Å². The Kier molecular flexibility index (Phi) is 5.99. The molecule has 2 aromatic rings. The third-order valence-electron chi connectivity index (χ3n) is 10.8. The van der Waals surface area contributed by atoms with Gasteiger partial charge >= 0.3 is 0 Å². The number of fused-ring (bicyclic) bond motifs is 3. The first kappa shape index (κ1) is 26.1. The molecule has 206 valence electrons. The van der Waals surface area contributed by atoms with Crippen LogP contribution in [0.3, 0.4) is 0 Å². The van der Waals surface area contributed by atoms with Crippen molar-refractivity contribution in [2.24, 2.45) is 22.7 Å². The molecule has 2 fully saturated rings. The Hall–Kier alpha value is -2.09. The molecule has 0 amide bonds. The molecule has 2 aliphatic heterocycles. The molecule has 1 spiro atoms. The number of sulfonamides is 1. The molecule has 2 aliphatic carbocycles. The van der Waals surface area contributed by atoms with Gasteiger partial charge in [0.1, 0.15) is 23.7 Å². The van der Waals surface area contributed by atoms with E-state index in [9.17, 15) is 13.5 Å². The summed E-state index contributed by atoms with van der Waals surface area (Å²) < 4.78 is 40.5. The minimum Gasteiger partial charge on any atom is -0.488 e. The van der Waals surface area contributed by atoms with Crippen LogP contribution < -0.4 is 9.47 Å². The fourth-order valence-electron chi connectivity index (χ4n) is 8.18. The summed E-state index contributed by atoms with van der Waals surface area (Å²) >= 11 is 0. The monoisotopic (exact) mass is 539 g/mol. The fourth-order valence-corrected chi connectivity index (χ4v) is 8.92. The second-order valence-corrected chi connectivity index (χ2v) is 15.1. The first-order valence-electron chi connectivity index (χ1n) is 14.0. The number of benzene rings is 2. The van der Waals surface area contributed by atoms with Crippen LogP contribution in [0.25, 0.3) is 0 Å². The van der Waals surface area contributed by atoms with Gasteiger partial charge in [-0.15, -0.1) is 0 Å². The normalized spacial score (nSPS) is 33.9. The molecular weight excluding hydrogens is 498 g/mol. The minimum absolute atomic E-state index is 0.130. The summed E-state index contributed by atoms with van der Waals surface area (Å²) in [7, 11) is -3.36. The topological polar surface area (TPSA) is 76.1 Å². The molecular formula is C31H41NO5S. The lowest BCUT2D eigenvalue weighted by molar-refractivity contribution is -0.233. The molecule has 2 heterocycles. The number of rotatable bonds is 4. The van der Waals surface area contributed by atoms with E-state index in [1.165, 1.54) is 10.6 Å². The van der Waals surface area contributed by atoms with E-state index in [2.05, 4.69) is 45.9 Å². The zero-order chi connectivity index (χ0) is 27.1. The van der Waals surface area contributed by atoms with E-state index in [4.69, 9.17) is 9.47 Å². The number of aliphatic hydroxyl groups excluding tert-OH is 1. The number of hydrogen-bond acceptors (Lipinski definition) is 5. The average molecular weight is 540 g/mol. The molecule has 7 heteroatoms. The zero-order valence-corrected chi connectivity index (χ0v) is 24.1. The average Bonchev–Trinajstić information content (AvgIpc) is 3.31. The van der Waals surface area contributed by atoms with Gasteiger partial charge in [-0.2, -0.15) is 4.31 Å². The molecule has 5 atom stereocenters. The summed E-state index contributed by atoms with van der Waals surface area (Å²) in [5, 5.41) is 11.1. The molecule has 4 aliphatic rings. The van der Waals surface area contributed by atoms with E-state index in [1.807, 2.05) is 18.2 Å². The van der Waals surface area contributed by atoms with Gasteiger partial charge in [-0.1, -0.05) is 58.0 Å². The highest BCUT2D eigenvalue weighted by Gasteiger charge is 2.67. The van der Waals surface area contributed by atoms with Gasteiger partial charge in [0.15, 0.2) is 0 Å². The molecule has 1 N–H and O–H groups in total. The fraction of sp³-hybridized carbons (Fsp3) is 0.613. The molecule has 38 heavy (non-hydrogen) atoms. The summed E-state index contributed by atoms with van der Waals surface area (Å²) in [4.78, 5) is 0. The van der Waals surface area contributed by atoms with Crippen molar-refractivity contribution < 1.29 is 23.0 Å². The van der Waals surface area contributed by atoms with Gasteiger partial charge in [0, 0.05) is 35.5 Å². The van der Waals surface area contributed by atoms with E-state index in [0.717, 1.165) is 59.4 Å². The smallest absolute Gasteiger partial charge is 0.211 e. The van der Waals surface area contributed by atoms with Crippen LogP contribution in [0.5, 0.6) is 11.5 Å². The van der Waals surface area contributed by atoms with E-state index in [-0.39, 0.29) is 22.9 Å². The van der Waals surface area contributed by atoms with Crippen molar-refractivity contribution in [3.05, 3.63) is 58.7 Å². The molecule has 2 saturated carbocycles. The van der Waals surface area contributed by atoms with Gasteiger partial charge in [0.05, 0.1) is 12.4 Å². The minimum atomic E-state index is -3.36. The molecule has 0 unspecified atom stereocenters. The number of nitrogens with zero attached hydrogens (tertiary/aromatic N) is 1. The Bertz CT molecular complexity index is 1360. The lowest BCUT2D eigenvalue weighted by Crippen LogP contribution is -2.70.